The number of carboxylic acid groups (broad SMARTS) is 4. The fourth-order valence-corrected chi connectivity index (χ4v) is 0.703. The molecule has 7 N–H and O–H groups in total. The Morgan fingerprint density at radius 3 is 1.00 bits per heavy atom. The Bertz CT molecular complexity index is 360. The largest absolute Gasteiger partial charge is 0.481 e. The van der Waals surface area contributed by atoms with Crippen molar-refractivity contribution in [3.63, 3.8) is 0 Å². The molecule has 4 atom stereocenters. The lowest BCUT2D eigenvalue weighted by molar-refractivity contribution is -0.135. The highest BCUT2D eigenvalue weighted by molar-refractivity contribution is 6.28. The maximum Gasteiger partial charge on any atom is 0.300 e. The van der Waals surface area contributed by atoms with E-state index in [4.69, 9.17) is 66.5 Å². The van der Waals surface area contributed by atoms with Gasteiger partial charge in [0.1, 0.15) is 23.9 Å². The fourth-order valence-electron chi connectivity index (χ4n) is 0.554. The molecule has 0 heterocycles. The van der Waals surface area contributed by atoms with E-state index in [1.807, 2.05) is 0 Å². The van der Waals surface area contributed by atoms with Crippen LogP contribution in [0.5, 0.6) is 0 Å². The molecule has 0 aromatic carbocycles. The Morgan fingerprint density at radius 1 is 0.704 bits per heavy atom. The Labute approximate surface area is 160 Å². The van der Waals surface area contributed by atoms with Gasteiger partial charge in [0.15, 0.2) is 0 Å². The first kappa shape index (κ1) is 35.8. The maximum absolute atomic E-state index is 9.99. The van der Waals surface area contributed by atoms with Crippen molar-refractivity contribution in [3.05, 3.63) is 0 Å². The van der Waals surface area contributed by atoms with Crippen molar-refractivity contribution in [2.24, 2.45) is 0 Å². The SMILES string of the molecule is CC(=O)O.CC(=O)O.CC(=O)O.CC(=O)O.C[C@@H](O)[C@H](O)[C@H](O)[C@@H](Cl)C=O. The highest BCUT2D eigenvalue weighted by Crippen LogP contribution is 2.07. The summed E-state index contributed by atoms with van der Waals surface area (Å²) in [6.45, 7) is 5.63. The van der Waals surface area contributed by atoms with E-state index in [9.17, 15) is 4.79 Å². The molecule has 0 aliphatic rings. The van der Waals surface area contributed by atoms with Crippen LogP contribution in [0.2, 0.25) is 0 Å². The van der Waals surface area contributed by atoms with E-state index >= 15 is 0 Å². The van der Waals surface area contributed by atoms with Crippen molar-refractivity contribution in [1.29, 1.82) is 0 Å². The summed E-state index contributed by atoms with van der Waals surface area (Å²) in [6, 6.07) is 0. The number of carbonyl (C=O) groups excluding carboxylic acids is 1. The molecule has 162 valence electrons. The topological polar surface area (TPSA) is 227 Å². The molecule has 0 saturated heterocycles. The lowest BCUT2D eigenvalue weighted by atomic mass is 10.1. The van der Waals surface area contributed by atoms with Gasteiger partial charge in [-0.3, -0.25) is 19.2 Å². The third-order valence-electron chi connectivity index (χ3n) is 1.30. The predicted octanol–water partition coefficient (Wildman–Crippen LogP) is -0.741. The summed E-state index contributed by atoms with van der Waals surface area (Å²) in [6.07, 6.45) is -3.61. The minimum atomic E-state index is -1.42. The van der Waals surface area contributed by atoms with E-state index in [0.717, 1.165) is 27.7 Å². The third kappa shape index (κ3) is 81.5. The maximum atomic E-state index is 9.99. The number of aliphatic carboxylic acids is 4. The Balaban J connectivity index is -0.0000000841. The molecule has 0 radical (unpaired) electrons. The number of halogens is 1. The van der Waals surface area contributed by atoms with Gasteiger partial charge < -0.3 is 40.5 Å². The second kappa shape index (κ2) is 23.7. The van der Waals surface area contributed by atoms with Crippen LogP contribution in [0.3, 0.4) is 0 Å². The molecule has 0 amide bonds. The number of rotatable bonds is 4. The van der Waals surface area contributed by atoms with E-state index < -0.39 is 47.6 Å². The molecule has 0 saturated carbocycles. The molecule has 0 unspecified atom stereocenters. The van der Waals surface area contributed by atoms with Crippen molar-refractivity contribution in [2.45, 2.75) is 58.3 Å². The predicted molar refractivity (Wildman–Crippen MR) is 92.6 cm³/mol. The number of hydrogen-bond acceptors (Lipinski definition) is 8. The van der Waals surface area contributed by atoms with Crippen LogP contribution in [-0.4, -0.2) is 89.6 Å². The van der Waals surface area contributed by atoms with Crippen LogP contribution >= 0.6 is 11.6 Å². The van der Waals surface area contributed by atoms with Crippen LogP contribution in [0.15, 0.2) is 0 Å². The van der Waals surface area contributed by atoms with Crippen LogP contribution in [0.1, 0.15) is 34.6 Å². The molecule has 0 rings (SSSR count). The molecule has 0 aliphatic heterocycles. The first-order chi connectivity index (χ1) is 11.9. The zero-order valence-corrected chi connectivity index (χ0v) is 16.2. The number of aldehydes is 1. The van der Waals surface area contributed by atoms with Crippen LogP contribution in [-0.2, 0) is 24.0 Å². The molecular formula is C14H27ClO12. The van der Waals surface area contributed by atoms with E-state index in [0.29, 0.717) is 6.29 Å². The Hall–Kier alpha value is -2.28. The first-order valence-electron chi connectivity index (χ1n) is 6.85. The van der Waals surface area contributed by atoms with Gasteiger partial charge in [-0.25, -0.2) is 0 Å². The minimum absolute atomic E-state index is 0.303. The van der Waals surface area contributed by atoms with Crippen molar-refractivity contribution in [2.75, 3.05) is 0 Å². The number of alkyl halides is 1. The lowest BCUT2D eigenvalue weighted by Gasteiger charge is -2.20. The Kier molecular flexibility index (Phi) is 31.4. The highest BCUT2D eigenvalue weighted by Gasteiger charge is 2.27. The summed E-state index contributed by atoms with van der Waals surface area (Å²) in [4.78, 5) is 46.0. The van der Waals surface area contributed by atoms with Gasteiger partial charge in [0, 0.05) is 27.7 Å². The summed E-state index contributed by atoms with van der Waals surface area (Å²) in [5.74, 6) is -3.33. The van der Waals surface area contributed by atoms with E-state index in [1.54, 1.807) is 0 Å². The summed E-state index contributed by atoms with van der Waals surface area (Å²) < 4.78 is 0. The number of aliphatic hydroxyl groups excluding tert-OH is 3. The average Bonchev–Trinajstić information content (AvgIpc) is 2.42. The molecule has 0 bridgehead atoms. The van der Waals surface area contributed by atoms with Crippen LogP contribution in [0, 0.1) is 0 Å². The number of carboxylic acids is 4. The summed E-state index contributed by atoms with van der Waals surface area (Å²) in [7, 11) is 0. The number of aliphatic hydroxyl groups is 3. The van der Waals surface area contributed by atoms with Gasteiger partial charge in [0.25, 0.3) is 23.9 Å². The molecule has 0 aromatic rings. The van der Waals surface area contributed by atoms with Gasteiger partial charge in [-0.15, -0.1) is 11.6 Å². The van der Waals surface area contributed by atoms with E-state index in [-0.39, 0.29) is 0 Å². The Morgan fingerprint density at radius 2 is 0.889 bits per heavy atom. The normalized spacial score (nSPS) is 12.6. The average molecular weight is 423 g/mol. The van der Waals surface area contributed by atoms with E-state index in [2.05, 4.69) is 0 Å². The summed E-state index contributed by atoms with van der Waals surface area (Å²) in [5.41, 5.74) is 0. The quantitative estimate of drug-likeness (QED) is 0.219. The summed E-state index contributed by atoms with van der Waals surface area (Å²) >= 11 is 5.27. The second-order valence-electron chi connectivity index (χ2n) is 4.38. The number of carbonyl (C=O) groups is 5. The zero-order valence-electron chi connectivity index (χ0n) is 15.4. The molecule has 0 spiro atoms. The van der Waals surface area contributed by atoms with Gasteiger partial charge in [-0.2, -0.15) is 0 Å². The zero-order chi connectivity index (χ0) is 23.3. The standard InChI is InChI=1S/C6H11ClO4.4C2H4O2/c1-3(9)5(10)6(11)4(7)2-8;4*1-2(3)4/h2-6,9-11H,1H3;4*1H3,(H,3,4)/t3-,4+,5+,6-;;;;/m1..../s1. The van der Waals surface area contributed by atoms with Gasteiger partial charge >= 0.3 is 0 Å². The van der Waals surface area contributed by atoms with Crippen molar-refractivity contribution in [3.8, 4) is 0 Å². The number of hydrogen-bond donors (Lipinski definition) is 7. The highest BCUT2D eigenvalue weighted by atomic mass is 35.5. The molecule has 0 aliphatic carbocycles. The smallest absolute Gasteiger partial charge is 0.300 e. The molecule has 0 fully saturated rings. The van der Waals surface area contributed by atoms with Gasteiger partial charge in [0.2, 0.25) is 0 Å². The fraction of sp³-hybridized carbons (Fsp3) is 0.643. The third-order valence-corrected chi connectivity index (χ3v) is 1.66. The molecule has 12 nitrogen and oxygen atoms in total. The molecule has 0 aromatic heterocycles. The molecular weight excluding hydrogens is 396 g/mol. The first-order valence-corrected chi connectivity index (χ1v) is 7.29. The van der Waals surface area contributed by atoms with Gasteiger partial charge in [-0.05, 0) is 6.92 Å². The molecule has 13 heteroatoms. The minimum Gasteiger partial charge on any atom is -0.481 e. The van der Waals surface area contributed by atoms with Gasteiger partial charge in [0.05, 0.1) is 6.10 Å². The van der Waals surface area contributed by atoms with Crippen LogP contribution in [0.4, 0.5) is 0 Å². The van der Waals surface area contributed by atoms with Crippen molar-refractivity contribution >= 4 is 41.8 Å². The van der Waals surface area contributed by atoms with Crippen LogP contribution < -0.4 is 0 Å². The van der Waals surface area contributed by atoms with Crippen molar-refractivity contribution in [1.82, 2.24) is 0 Å². The van der Waals surface area contributed by atoms with Crippen molar-refractivity contribution < 1.29 is 59.7 Å². The van der Waals surface area contributed by atoms with Crippen LogP contribution in [0.25, 0.3) is 0 Å². The second-order valence-corrected chi connectivity index (χ2v) is 4.88. The lowest BCUT2D eigenvalue weighted by Crippen LogP contribution is -2.41. The monoisotopic (exact) mass is 422 g/mol. The van der Waals surface area contributed by atoms with Gasteiger partial charge in [-0.1, -0.05) is 0 Å². The summed E-state index contributed by atoms with van der Waals surface area (Å²) in [5, 5.41) is 55.2. The van der Waals surface area contributed by atoms with E-state index in [1.165, 1.54) is 6.92 Å². The molecule has 27 heavy (non-hydrogen) atoms.